The third kappa shape index (κ3) is 49.7. The van der Waals surface area contributed by atoms with E-state index in [1.54, 1.807) is 0 Å². The van der Waals surface area contributed by atoms with Gasteiger partial charge in [0.25, 0.3) is 0 Å². The number of rotatable bonds is 50. The third-order valence-electron chi connectivity index (χ3n) is 11.3. The van der Waals surface area contributed by atoms with Crippen LogP contribution in [0.3, 0.4) is 0 Å². The fourth-order valence-corrected chi connectivity index (χ4v) is 8.14. The number of unbranched alkanes of at least 4 members (excludes halogenated alkanes) is 28. The molecule has 0 spiro atoms. The molecule has 0 bridgehead atoms. The molecule has 0 heterocycles. The molecule has 370 valence electrons. The predicted molar refractivity (Wildman–Crippen MR) is 265 cm³/mol. The smallest absolute Gasteiger partial charge is 0.457 e. The number of esters is 1. The van der Waals surface area contributed by atoms with E-state index in [0.717, 1.165) is 70.6 Å². The molecule has 0 aliphatic heterocycles. The second-order valence-corrected chi connectivity index (χ2v) is 19.0. The van der Waals surface area contributed by atoms with Crippen LogP contribution in [0.4, 0.5) is 0 Å². The number of hydrogen-bond acceptors (Lipinski definition) is 8. The number of phosphoric acid groups is 1. The minimum absolute atomic E-state index is 0.0433. The summed E-state index contributed by atoms with van der Waals surface area (Å²) in [7, 11) is -4.53. The average molecular weight is 911 g/mol. The molecule has 0 saturated carbocycles. The molecule has 0 aromatic rings. The second kappa shape index (κ2) is 49.8. The van der Waals surface area contributed by atoms with Gasteiger partial charge in [0.05, 0.1) is 26.4 Å². The fourth-order valence-electron chi connectivity index (χ4n) is 7.35. The summed E-state index contributed by atoms with van der Waals surface area (Å²) in [6.45, 7) is 3.42. The van der Waals surface area contributed by atoms with E-state index in [0.29, 0.717) is 6.61 Å². The lowest BCUT2D eigenvalue weighted by atomic mass is 10.0. The first-order chi connectivity index (χ1) is 30.8. The minimum atomic E-state index is -4.53. The van der Waals surface area contributed by atoms with E-state index >= 15 is 0 Å². The van der Waals surface area contributed by atoms with Crippen molar-refractivity contribution in [2.45, 2.75) is 251 Å². The Hall–Kier alpha value is -1.58. The van der Waals surface area contributed by atoms with Crippen molar-refractivity contribution in [2.24, 2.45) is 0 Å². The highest BCUT2D eigenvalue weighted by atomic mass is 31.2. The molecular formula is C53H99O9P. The van der Waals surface area contributed by atoms with Gasteiger partial charge in [0.15, 0.2) is 0 Å². The lowest BCUT2D eigenvalue weighted by Crippen LogP contribution is -2.29. The number of aliphatic hydroxyl groups is 2. The van der Waals surface area contributed by atoms with Crippen LogP contribution in [0.5, 0.6) is 0 Å². The van der Waals surface area contributed by atoms with E-state index in [1.165, 1.54) is 148 Å². The maximum atomic E-state index is 12.7. The number of ether oxygens (including phenoxy) is 2. The van der Waals surface area contributed by atoms with Crippen molar-refractivity contribution in [3.8, 4) is 0 Å². The number of carbonyl (C=O) groups excluding carboxylic acids is 1. The Morgan fingerprint density at radius 2 is 0.905 bits per heavy atom. The van der Waals surface area contributed by atoms with Gasteiger partial charge in [-0.3, -0.25) is 13.8 Å². The summed E-state index contributed by atoms with van der Waals surface area (Å²) >= 11 is 0. The van der Waals surface area contributed by atoms with Crippen LogP contribution in [0, 0.1) is 0 Å². The highest BCUT2D eigenvalue weighted by Gasteiger charge is 2.26. The Balaban J connectivity index is 4.06. The summed E-state index contributed by atoms with van der Waals surface area (Å²) in [5.41, 5.74) is 0. The normalized spacial score (nSPS) is 14.2. The van der Waals surface area contributed by atoms with Crippen LogP contribution in [0.1, 0.15) is 239 Å². The van der Waals surface area contributed by atoms with Crippen molar-refractivity contribution >= 4 is 13.8 Å². The molecular weight excluding hydrogens is 812 g/mol. The van der Waals surface area contributed by atoms with Crippen LogP contribution in [0.25, 0.3) is 0 Å². The molecule has 0 aliphatic rings. The van der Waals surface area contributed by atoms with Gasteiger partial charge in [-0.25, -0.2) is 4.57 Å². The first-order valence-electron chi connectivity index (χ1n) is 26.1. The molecule has 10 heteroatoms. The maximum Gasteiger partial charge on any atom is 0.472 e. The molecule has 0 saturated heterocycles. The molecule has 0 aromatic carbocycles. The SMILES string of the molecule is CC/C=C\C/C=C\C/C=C\C/C=C\CCCCCCCCCOCC(COP(=O)(O)OCC(O)CO)OC(=O)CCCCCCCCCCCCCCCCCCCCCCCC. The second-order valence-electron chi connectivity index (χ2n) is 17.5. The zero-order chi connectivity index (χ0) is 46.0. The van der Waals surface area contributed by atoms with E-state index in [2.05, 4.69) is 62.5 Å². The predicted octanol–water partition coefficient (Wildman–Crippen LogP) is 15.3. The van der Waals surface area contributed by atoms with Crippen LogP contribution in [0.15, 0.2) is 48.6 Å². The molecule has 0 aromatic heterocycles. The van der Waals surface area contributed by atoms with Crippen molar-refractivity contribution in [3.05, 3.63) is 48.6 Å². The Morgan fingerprint density at radius 3 is 1.37 bits per heavy atom. The van der Waals surface area contributed by atoms with E-state index in [4.69, 9.17) is 23.6 Å². The first-order valence-corrected chi connectivity index (χ1v) is 27.6. The summed E-state index contributed by atoms with van der Waals surface area (Å²) in [4.78, 5) is 22.7. The zero-order valence-electron chi connectivity index (χ0n) is 40.8. The number of hydrogen-bond donors (Lipinski definition) is 3. The van der Waals surface area contributed by atoms with Crippen LogP contribution in [-0.2, 0) is 27.9 Å². The molecule has 0 amide bonds. The maximum absolute atomic E-state index is 12.7. The fraction of sp³-hybridized carbons (Fsp3) is 0.830. The van der Waals surface area contributed by atoms with Crippen LogP contribution in [-0.4, -0.2) is 66.3 Å². The van der Waals surface area contributed by atoms with Gasteiger partial charge < -0.3 is 24.6 Å². The highest BCUT2D eigenvalue weighted by molar-refractivity contribution is 7.47. The summed E-state index contributed by atoms with van der Waals surface area (Å²) in [6.07, 6.45) is 57.9. The van der Waals surface area contributed by atoms with Gasteiger partial charge in [-0.1, -0.05) is 229 Å². The van der Waals surface area contributed by atoms with E-state index < -0.39 is 33.2 Å². The van der Waals surface area contributed by atoms with Gasteiger partial charge in [0, 0.05) is 13.0 Å². The Bertz CT molecular complexity index is 1120. The average Bonchev–Trinajstić information content (AvgIpc) is 3.28. The summed E-state index contributed by atoms with van der Waals surface area (Å²) < 4.78 is 33.5. The van der Waals surface area contributed by atoms with Crippen LogP contribution in [0.2, 0.25) is 0 Å². The van der Waals surface area contributed by atoms with Gasteiger partial charge in [0.1, 0.15) is 12.2 Å². The zero-order valence-corrected chi connectivity index (χ0v) is 41.7. The Kier molecular flexibility index (Phi) is 48.6. The van der Waals surface area contributed by atoms with Gasteiger partial charge >= 0.3 is 13.8 Å². The molecule has 0 fully saturated rings. The summed E-state index contributed by atoms with van der Waals surface area (Å²) in [5, 5.41) is 18.4. The standard InChI is InChI=1S/C53H99O9P/c1-3-5-7-9-11-13-15-17-19-21-23-25-26-27-29-31-33-35-37-39-41-43-45-53(56)62-52(50-61-63(57,58)60-48-51(55)47-54)49-59-46-44-42-40-38-36-34-32-30-28-24-22-20-18-16-14-12-10-8-6-4-2/h6,8,12,14,18,20,24,28,51-52,54-55H,3-5,7,9-11,13,15-17,19,21-23,25-27,29-50H2,1-2H3,(H,57,58)/b8-6-,14-12-,20-18-,28-24-. The number of allylic oxidation sites excluding steroid dienone is 8. The lowest BCUT2D eigenvalue weighted by Gasteiger charge is -2.20. The monoisotopic (exact) mass is 911 g/mol. The van der Waals surface area contributed by atoms with Crippen molar-refractivity contribution in [3.63, 3.8) is 0 Å². The third-order valence-corrected chi connectivity index (χ3v) is 12.2. The quantitative estimate of drug-likeness (QED) is 0.0236. The van der Waals surface area contributed by atoms with Crippen molar-refractivity contribution < 1.29 is 43.0 Å². The number of carbonyl (C=O) groups is 1. The molecule has 63 heavy (non-hydrogen) atoms. The topological polar surface area (TPSA) is 132 Å². The van der Waals surface area contributed by atoms with Crippen LogP contribution < -0.4 is 0 Å². The Labute approximate surface area is 388 Å². The van der Waals surface area contributed by atoms with E-state index in [-0.39, 0.29) is 25.6 Å². The number of phosphoric ester groups is 1. The summed E-state index contributed by atoms with van der Waals surface area (Å²) in [6, 6.07) is 0. The molecule has 3 N–H and O–H groups in total. The van der Waals surface area contributed by atoms with Crippen molar-refractivity contribution in [1.82, 2.24) is 0 Å². The van der Waals surface area contributed by atoms with E-state index in [1.807, 2.05) is 0 Å². The van der Waals surface area contributed by atoms with Crippen molar-refractivity contribution in [2.75, 3.05) is 33.0 Å². The summed E-state index contributed by atoms with van der Waals surface area (Å²) in [5.74, 6) is -0.383. The molecule has 3 unspecified atom stereocenters. The van der Waals surface area contributed by atoms with E-state index in [9.17, 15) is 19.4 Å². The van der Waals surface area contributed by atoms with Gasteiger partial charge in [-0.2, -0.15) is 0 Å². The first kappa shape index (κ1) is 61.4. The molecule has 0 radical (unpaired) electrons. The van der Waals surface area contributed by atoms with Crippen molar-refractivity contribution in [1.29, 1.82) is 0 Å². The Morgan fingerprint density at radius 1 is 0.508 bits per heavy atom. The minimum Gasteiger partial charge on any atom is -0.457 e. The largest absolute Gasteiger partial charge is 0.472 e. The van der Waals surface area contributed by atoms with Gasteiger partial charge in [-0.05, 0) is 51.4 Å². The number of aliphatic hydroxyl groups excluding tert-OH is 2. The van der Waals surface area contributed by atoms with Gasteiger partial charge in [0.2, 0.25) is 0 Å². The van der Waals surface area contributed by atoms with Gasteiger partial charge in [-0.15, -0.1) is 0 Å². The molecule has 0 rings (SSSR count). The molecule has 9 nitrogen and oxygen atoms in total. The highest BCUT2D eigenvalue weighted by Crippen LogP contribution is 2.43. The molecule has 0 aliphatic carbocycles. The van der Waals surface area contributed by atoms with Crippen LogP contribution >= 0.6 is 7.82 Å². The lowest BCUT2D eigenvalue weighted by molar-refractivity contribution is -0.154. The molecule has 3 atom stereocenters.